The van der Waals surface area contributed by atoms with E-state index in [0.29, 0.717) is 11.4 Å². The lowest BCUT2D eigenvalue weighted by Gasteiger charge is -2.09. The van der Waals surface area contributed by atoms with Gasteiger partial charge in [-0.3, -0.25) is 4.79 Å². The minimum absolute atomic E-state index is 0.0676. The number of nitrogens with one attached hydrogen (secondary N) is 2. The molecule has 0 saturated carbocycles. The van der Waals surface area contributed by atoms with E-state index in [1.165, 1.54) is 24.4 Å². The van der Waals surface area contributed by atoms with Crippen molar-refractivity contribution in [3.05, 3.63) is 46.2 Å². The SMILES string of the molecule is N=C/C=C\NC(=O)c1sc(C2C=C(F)C=CC2)nc1O. The van der Waals surface area contributed by atoms with Crippen LogP contribution in [0.25, 0.3) is 0 Å². The van der Waals surface area contributed by atoms with E-state index < -0.39 is 5.91 Å². The van der Waals surface area contributed by atoms with Crippen LogP contribution in [0.3, 0.4) is 0 Å². The van der Waals surface area contributed by atoms with Crippen LogP contribution < -0.4 is 5.32 Å². The van der Waals surface area contributed by atoms with Gasteiger partial charge in [0.2, 0.25) is 5.88 Å². The van der Waals surface area contributed by atoms with Crippen molar-refractivity contribution in [2.75, 3.05) is 0 Å². The number of aromatic nitrogens is 1. The molecule has 0 saturated heterocycles. The van der Waals surface area contributed by atoms with Crippen LogP contribution in [0.4, 0.5) is 4.39 Å². The molecule has 7 heteroatoms. The normalized spacial score (nSPS) is 18.1. The highest BCUT2D eigenvalue weighted by Crippen LogP contribution is 2.34. The first kappa shape index (κ1) is 14.1. The van der Waals surface area contributed by atoms with E-state index in [-0.39, 0.29) is 22.5 Å². The Balaban J connectivity index is 2.17. The number of allylic oxidation sites excluding steroid dienone is 5. The van der Waals surface area contributed by atoms with Crippen LogP contribution in [0, 0.1) is 5.41 Å². The van der Waals surface area contributed by atoms with Gasteiger partial charge in [0.1, 0.15) is 10.8 Å². The molecule has 20 heavy (non-hydrogen) atoms. The molecular formula is C13H12FN3O2S. The highest BCUT2D eigenvalue weighted by atomic mass is 32.1. The standard InChI is InChI=1S/C13H12FN3O2S/c14-9-4-1-3-8(7-9)13-17-12(19)10(20-13)11(18)16-6-2-5-15/h1-2,4-8,15,19H,3H2,(H,16,18)/b6-2-,15-5?. The quantitative estimate of drug-likeness (QED) is 0.746. The van der Waals surface area contributed by atoms with Crippen LogP contribution >= 0.6 is 11.3 Å². The Hall–Kier alpha value is -2.28. The predicted octanol–water partition coefficient (Wildman–Crippen LogP) is 2.64. The average Bonchev–Trinajstić information content (AvgIpc) is 2.81. The fourth-order valence-corrected chi connectivity index (χ4v) is 2.63. The van der Waals surface area contributed by atoms with Gasteiger partial charge in [-0.2, -0.15) is 0 Å². The summed E-state index contributed by atoms with van der Waals surface area (Å²) in [6.07, 6.45) is 8.69. The second kappa shape index (κ2) is 6.25. The molecule has 0 aliphatic heterocycles. The Kier molecular flexibility index (Phi) is 4.41. The Bertz CT molecular complexity index is 619. The lowest BCUT2D eigenvalue weighted by molar-refractivity contribution is 0.0971. The van der Waals surface area contributed by atoms with E-state index >= 15 is 0 Å². The molecule has 1 aromatic heterocycles. The molecule has 1 heterocycles. The number of nitrogens with zero attached hydrogens (tertiary/aromatic N) is 1. The van der Waals surface area contributed by atoms with Gasteiger partial charge in [-0.15, -0.1) is 11.3 Å². The van der Waals surface area contributed by atoms with Gasteiger partial charge in [-0.1, -0.05) is 6.08 Å². The van der Waals surface area contributed by atoms with Crippen molar-refractivity contribution >= 4 is 23.5 Å². The molecule has 0 fully saturated rings. The van der Waals surface area contributed by atoms with Crippen molar-refractivity contribution in [3.8, 4) is 5.88 Å². The number of rotatable bonds is 4. The summed E-state index contributed by atoms with van der Waals surface area (Å²) in [5, 5.41) is 19.4. The molecule has 2 rings (SSSR count). The summed E-state index contributed by atoms with van der Waals surface area (Å²) >= 11 is 1.02. The molecule has 0 aromatic carbocycles. The topological polar surface area (TPSA) is 86.1 Å². The molecule has 1 aliphatic carbocycles. The average molecular weight is 293 g/mol. The molecule has 3 N–H and O–H groups in total. The monoisotopic (exact) mass is 293 g/mol. The van der Waals surface area contributed by atoms with Crippen molar-refractivity contribution in [2.45, 2.75) is 12.3 Å². The number of hydrogen-bond donors (Lipinski definition) is 3. The van der Waals surface area contributed by atoms with Gasteiger partial charge in [-0.25, -0.2) is 9.37 Å². The van der Waals surface area contributed by atoms with Crippen LogP contribution in [0.15, 0.2) is 36.3 Å². The molecule has 0 bridgehead atoms. The zero-order valence-corrected chi connectivity index (χ0v) is 11.2. The zero-order chi connectivity index (χ0) is 14.5. The second-order valence-electron chi connectivity index (χ2n) is 4.00. The summed E-state index contributed by atoms with van der Waals surface area (Å²) in [4.78, 5) is 15.8. The van der Waals surface area contributed by atoms with Crippen LogP contribution in [0.1, 0.15) is 27.0 Å². The van der Waals surface area contributed by atoms with E-state index in [0.717, 1.165) is 17.6 Å². The van der Waals surface area contributed by atoms with Gasteiger partial charge in [0, 0.05) is 18.3 Å². The highest BCUT2D eigenvalue weighted by Gasteiger charge is 2.22. The van der Waals surface area contributed by atoms with Gasteiger partial charge >= 0.3 is 0 Å². The Morgan fingerprint density at radius 2 is 2.45 bits per heavy atom. The van der Waals surface area contributed by atoms with Crippen molar-refractivity contribution in [1.82, 2.24) is 10.3 Å². The van der Waals surface area contributed by atoms with Crippen molar-refractivity contribution in [3.63, 3.8) is 0 Å². The summed E-state index contributed by atoms with van der Waals surface area (Å²) in [5.74, 6) is -1.50. The fraction of sp³-hybridized carbons (Fsp3) is 0.154. The number of carbonyl (C=O) groups is 1. The molecule has 1 aromatic rings. The summed E-state index contributed by atoms with van der Waals surface area (Å²) < 4.78 is 13.2. The summed E-state index contributed by atoms with van der Waals surface area (Å²) in [7, 11) is 0. The third kappa shape index (κ3) is 3.18. The first-order valence-electron chi connectivity index (χ1n) is 5.82. The molecule has 0 spiro atoms. The summed E-state index contributed by atoms with van der Waals surface area (Å²) in [6.45, 7) is 0. The Morgan fingerprint density at radius 3 is 3.15 bits per heavy atom. The molecule has 1 aliphatic rings. The minimum Gasteiger partial charge on any atom is -0.492 e. The lowest BCUT2D eigenvalue weighted by Crippen LogP contribution is -2.15. The van der Waals surface area contributed by atoms with Crippen molar-refractivity contribution in [2.24, 2.45) is 0 Å². The molecule has 1 amide bonds. The fourth-order valence-electron chi connectivity index (χ4n) is 1.69. The molecular weight excluding hydrogens is 281 g/mol. The largest absolute Gasteiger partial charge is 0.492 e. The first-order valence-corrected chi connectivity index (χ1v) is 6.63. The van der Waals surface area contributed by atoms with Crippen molar-refractivity contribution in [1.29, 1.82) is 5.41 Å². The minimum atomic E-state index is -0.514. The van der Waals surface area contributed by atoms with Crippen LogP contribution in [-0.4, -0.2) is 22.2 Å². The van der Waals surface area contributed by atoms with E-state index in [1.54, 1.807) is 6.08 Å². The lowest BCUT2D eigenvalue weighted by atomic mass is 10.0. The van der Waals surface area contributed by atoms with Crippen LogP contribution in [0.5, 0.6) is 5.88 Å². The number of hydrogen-bond acceptors (Lipinski definition) is 5. The van der Waals surface area contributed by atoms with E-state index in [2.05, 4.69) is 10.3 Å². The number of aromatic hydroxyl groups is 1. The maximum absolute atomic E-state index is 13.2. The number of amides is 1. The summed E-state index contributed by atoms with van der Waals surface area (Å²) in [6, 6.07) is 0. The maximum atomic E-state index is 13.2. The van der Waals surface area contributed by atoms with Gasteiger partial charge in [-0.05, 0) is 24.6 Å². The smallest absolute Gasteiger partial charge is 0.270 e. The van der Waals surface area contributed by atoms with Gasteiger partial charge < -0.3 is 15.8 Å². The van der Waals surface area contributed by atoms with E-state index in [4.69, 9.17) is 5.41 Å². The number of halogens is 1. The highest BCUT2D eigenvalue weighted by molar-refractivity contribution is 7.14. The van der Waals surface area contributed by atoms with Crippen LogP contribution in [0.2, 0.25) is 0 Å². The zero-order valence-electron chi connectivity index (χ0n) is 10.3. The Morgan fingerprint density at radius 1 is 1.65 bits per heavy atom. The molecule has 0 radical (unpaired) electrons. The number of carbonyl (C=O) groups excluding carboxylic acids is 1. The second-order valence-corrected chi connectivity index (χ2v) is 5.03. The molecule has 5 nitrogen and oxygen atoms in total. The van der Waals surface area contributed by atoms with Crippen molar-refractivity contribution < 1.29 is 14.3 Å². The third-order valence-electron chi connectivity index (χ3n) is 2.58. The summed E-state index contributed by atoms with van der Waals surface area (Å²) in [5.41, 5.74) is 0. The molecule has 1 atom stereocenters. The van der Waals surface area contributed by atoms with Gasteiger partial charge in [0.25, 0.3) is 5.91 Å². The number of thiazole rings is 1. The van der Waals surface area contributed by atoms with Crippen LogP contribution in [-0.2, 0) is 0 Å². The van der Waals surface area contributed by atoms with Gasteiger partial charge in [0.15, 0.2) is 4.88 Å². The Labute approximate surface area is 118 Å². The van der Waals surface area contributed by atoms with Gasteiger partial charge in [0.05, 0.1) is 0 Å². The van der Waals surface area contributed by atoms with E-state index in [9.17, 15) is 14.3 Å². The molecule has 104 valence electrons. The molecule has 1 unspecified atom stereocenters. The first-order chi connectivity index (χ1) is 9.61. The maximum Gasteiger partial charge on any atom is 0.270 e. The van der Waals surface area contributed by atoms with E-state index in [1.807, 2.05) is 0 Å². The third-order valence-corrected chi connectivity index (χ3v) is 3.76. The predicted molar refractivity (Wildman–Crippen MR) is 74.9 cm³/mol.